The molecule has 1 aromatic carbocycles. The molecule has 0 atom stereocenters. The maximum Gasteiger partial charge on any atom is 0.248 e. The van der Waals surface area contributed by atoms with Crippen LogP contribution in [-0.4, -0.2) is 14.3 Å². The van der Waals surface area contributed by atoms with E-state index < -0.39 is 10.0 Å². The van der Waals surface area contributed by atoms with Gasteiger partial charge in [0.25, 0.3) is 0 Å². The van der Waals surface area contributed by atoms with Crippen LogP contribution in [0.25, 0.3) is 0 Å². The highest BCUT2D eigenvalue weighted by Gasteiger charge is 2.51. The van der Waals surface area contributed by atoms with Crippen LogP contribution in [0, 0.1) is 23.2 Å². The molecule has 27 heavy (non-hydrogen) atoms. The lowest BCUT2D eigenvalue weighted by Crippen LogP contribution is -2.46. The summed E-state index contributed by atoms with van der Waals surface area (Å²) < 4.78 is 22.3. The van der Waals surface area contributed by atoms with Crippen molar-refractivity contribution in [2.75, 3.05) is 5.32 Å². The fraction of sp³-hybridized carbons (Fsp3) is 0.571. The SMILES string of the molecule is C/C(=C/C(=O)Nc1ccc(CS(N)(=O)=O)cc1)C12CC3CC(CC(C3)C1)C2. The molecule has 1 amide bonds. The Bertz CT molecular complexity index is 836. The highest BCUT2D eigenvalue weighted by Crippen LogP contribution is 2.62. The van der Waals surface area contributed by atoms with Gasteiger partial charge in [-0.3, -0.25) is 4.79 Å². The maximum atomic E-state index is 12.5. The second-order valence-corrected chi connectivity index (χ2v) is 10.6. The van der Waals surface area contributed by atoms with E-state index in [0.717, 1.165) is 17.8 Å². The van der Waals surface area contributed by atoms with E-state index in [1.807, 2.05) is 0 Å². The summed E-state index contributed by atoms with van der Waals surface area (Å²) in [6.07, 6.45) is 9.70. The minimum absolute atomic E-state index is 0.109. The number of hydrogen-bond acceptors (Lipinski definition) is 3. The number of primary sulfonamides is 1. The fourth-order valence-corrected chi connectivity index (χ4v) is 6.70. The number of sulfonamides is 1. The van der Waals surface area contributed by atoms with Gasteiger partial charge >= 0.3 is 0 Å². The van der Waals surface area contributed by atoms with Gasteiger partial charge in [-0.05, 0) is 86.3 Å². The third kappa shape index (κ3) is 4.11. The molecule has 0 heterocycles. The van der Waals surface area contributed by atoms with Gasteiger partial charge in [0.15, 0.2) is 0 Å². The van der Waals surface area contributed by atoms with Crippen LogP contribution in [0.1, 0.15) is 51.0 Å². The lowest BCUT2D eigenvalue weighted by molar-refractivity contribution is -0.112. The predicted octanol–water partition coefficient (Wildman–Crippen LogP) is 3.58. The summed E-state index contributed by atoms with van der Waals surface area (Å²) >= 11 is 0. The van der Waals surface area contributed by atoms with Crippen LogP contribution in [0.15, 0.2) is 35.9 Å². The smallest absolute Gasteiger partial charge is 0.248 e. The molecule has 5 nitrogen and oxygen atoms in total. The van der Waals surface area contributed by atoms with Crippen LogP contribution in [-0.2, 0) is 20.6 Å². The summed E-state index contributed by atoms with van der Waals surface area (Å²) in [5.74, 6) is 2.26. The van der Waals surface area contributed by atoms with Gasteiger partial charge in [0.05, 0.1) is 5.75 Å². The average molecular weight is 389 g/mol. The molecular weight excluding hydrogens is 360 g/mol. The average Bonchev–Trinajstić information content (AvgIpc) is 2.54. The van der Waals surface area contributed by atoms with E-state index in [1.54, 1.807) is 30.3 Å². The van der Waals surface area contributed by atoms with E-state index in [9.17, 15) is 13.2 Å². The van der Waals surface area contributed by atoms with E-state index >= 15 is 0 Å². The van der Waals surface area contributed by atoms with Crippen LogP contribution in [0.5, 0.6) is 0 Å². The summed E-state index contributed by atoms with van der Waals surface area (Å²) in [5, 5.41) is 7.96. The van der Waals surface area contributed by atoms with Crippen molar-refractivity contribution < 1.29 is 13.2 Å². The van der Waals surface area contributed by atoms with Crippen molar-refractivity contribution in [2.45, 2.75) is 51.2 Å². The molecule has 6 heteroatoms. The Morgan fingerprint density at radius 1 is 1.11 bits per heavy atom. The van der Waals surface area contributed by atoms with Gasteiger partial charge < -0.3 is 5.32 Å². The lowest BCUT2D eigenvalue weighted by Gasteiger charge is -2.57. The quantitative estimate of drug-likeness (QED) is 0.756. The van der Waals surface area contributed by atoms with E-state index in [-0.39, 0.29) is 17.1 Å². The van der Waals surface area contributed by atoms with Crippen molar-refractivity contribution in [1.29, 1.82) is 0 Å². The van der Waals surface area contributed by atoms with Gasteiger partial charge in [-0.1, -0.05) is 17.7 Å². The number of nitrogens with two attached hydrogens (primary N) is 1. The van der Waals surface area contributed by atoms with Crippen molar-refractivity contribution in [2.24, 2.45) is 28.3 Å². The number of hydrogen-bond donors (Lipinski definition) is 2. The Morgan fingerprint density at radius 3 is 2.11 bits per heavy atom. The van der Waals surface area contributed by atoms with E-state index in [0.29, 0.717) is 11.3 Å². The van der Waals surface area contributed by atoms with Crippen LogP contribution < -0.4 is 10.5 Å². The van der Waals surface area contributed by atoms with E-state index in [4.69, 9.17) is 5.14 Å². The first-order valence-corrected chi connectivity index (χ1v) is 11.5. The molecule has 0 unspecified atom stereocenters. The second-order valence-electron chi connectivity index (χ2n) is 9.02. The summed E-state index contributed by atoms with van der Waals surface area (Å²) in [6.45, 7) is 2.13. The molecule has 4 bridgehead atoms. The van der Waals surface area contributed by atoms with E-state index in [1.165, 1.54) is 44.1 Å². The monoisotopic (exact) mass is 388 g/mol. The minimum Gasteiger partial charge on any atom is -0.323 e. The van der Waals surface area contributed by atoms with Crippen LogP contribution in [0.3, 0.4) is 0 Å². The van der Waals surface area contributed by atoms with Gasteiger partial charge in [0.2, 0.25) is 15.9 Å². The normalized spacial score (nSPS) is 32.5. The molecule has 0 aromatic heterocycles. The number of carbonyl (C=O) groups excluding carboxylic acids is 1. The topological polar surface area (TPSA) is 89.3 Å². The number of anilines is 1. The standard InChI is InChI=1S/C21H28N2O3S/c1-14(21-10-16-7-17(11-21)9-18(8-16)12-21)6-20(24)23-19-4-2-15(3-5-19)13-27(22,25)26/h2-6,16-18H,7-13H2,1H3,(H,23,24)(H2,22,25,26)/b14-6-. The molecule has 0 saturated heterocycles. The van der Waals surface area contributed by atoms with Crippen molar-refractivity contribution in [3.05, 3.63) is 41.5 Å². The van der Waals surface area contributed by atoms with Crippen molar-refractivity contribution in [3.8, 4) is 0 Å². The summed E-state index contributed by atoms with van der Waals surface area (Å²) in [5.41, 5.74) is 2.74. The van der Waals surface area contributed by atoms with Gasteiger partial charge in [-0.2, -0.15) is 0 Å². The van der Waals surface area contributed by atoms with Gasteiger partial charge in [-0.15, -0.1) is 0 Å². The second kappa shape index (κ2) is 6.74. The summed E-state index contributed by atoms with van der Waals surface area (Å²) in [6, 6.07) is 6.78. The van der Waals surface area contributed by atoms with Gasteiger partial charge in [0.1, 0.15) is 0 Å². The number of amides is 1. The summed E-state index contributed by atoms with van der Waals surface area (Å²) in [4.78, 5) is 12.5. The summed E-state index contributed by atoms with van der Waals surface area (Å²) in [7, 11) is -3.55. The van der Waals surface area contributed by atoms with Gasteiger partial charge in [0, 0.05) is 11.8 Å². The molecular formula is C21H28N2O3S. The van der Waals surface area contributed by atoms with E-state index in [2.05, 4.69) is 12.2 Å². The third-order valence-corrected chi connectivity index (χ3v) is 7.55. The maximum absolute atomic E-state index is 12.5. The zero-order valence-corrected chi connectivity index (χ0v) is 16.6. The van der Waals surface area contributed by atoms with Crippen LogP contribution in [0.2, 0.25) is 0 Å². The fourth-order valence-electron chi connectivity index (χ4n) is 6.04. The highest BCUT2D eigenvalue weighted by atomic mass is 32.2. The lowest BCUT2D eigenvalue weighted by atomic mass is 9.48. The molecule has 3 N–H and O–H groups in total. The molecule has 0 spiro atoms. The molecule has 4 saturated carbocycles. The number of rotatable bonds is 5. The number of nitrogens with one attached hydrogen (secondary N) is 1. The number of carbonyl (C=O) groups is 1. The first kappa shape index (κ1) is 18.7. The Labute approximate surface area is 161 Å². The first-order chi connectivity index (χ1) is 12.7. The minimum atomic E-state index is -3.55. The van der Waals surface area contributed by atoms with Crippen molar-refractivity contribution in [3.63, 3.8) is 0 Å². The third-order valence-electron chi connectivity index (χ3n) is 6.81. The number of allylic oxidation sites excluding steroid dienone is 1. The van der Waals surface area contributed by atoms with Crippen molar-refractivity contribution >= 4 is 21.6 Å². The van der Waals surface area contributed by atoms with Crippen LogP contribution in [0.4, 0.5) is 5.69 Å². The van der Waals surface area contributed by atoms with Gasteiger partial charge in [-0.25, -0.2) is 13.6 Å². The number of benzene rings is 1. The molecule has 1 aromatic rings. The molecule has 4 fully saturated rings. The Balaban J connectivity index is 1.43. The van der Waals surface area contributed by atoms with Crippen molar-refractivity contribution in [1.82, 2.24) is 0 Å². The Hall–Kier alpha value is -1.66. The largest absolute Gasteiger partial charge is 0.323 e. The Kier molecular flexibility index (Phi) is 4.67. The first-order valence-electron chi connectivity index (χ1n) is 9.80. The molecule has 4 aliphatic carbocycles. The molecule has 5 rings (SSSR count). The zero-order valence-electron chi connectivity index (χ0n) is 15.8. The Morgan fingerprint density at radius 2 is 1.63 bits per heavy atom. The predicted molar refractivity (Wildman–Crippen MR) is 106 cm³/mol. The highest BCUT2D eigenvalue weighted by molar-refractivity contribution is 7.88. The molecule has 146 valence electrons. The zero-order chi connectivity index (χ0) is 19.2. The molecule has 0 aliphatic heterocycles. The van der Waals surface area contributed by atoms with Crippen LogP contribution >= 0.6 is 0 Å². The molecule has 4 aliphatic rings. The molecule has 0 radical (unpaired) electrons.